The van der Waals surface area contributed by atoms with Crippen LogP contribution in [0.2, 0.25) is 0 Å². The molecule has 2 amide bonds. The van der Waals surface area contributed by atoms with E-state index in [0.29, 0.717) is 36.3 Å². The average Bonchev–Trinajstić information content (AvgIpc) is 3.47. The van der Waals surface area contributed by atoms with Crippen LogP contribution in [0.5, 0.6) is 5.75 Å². The van der Waals surface area contributed by atoms with Gasteiger partial charge in [-0.3, -0.25) is 14.6 Å². The lowest BCUT2D eigenvalue weighted by Gasteiger charge is -2.21. The highest BCUT2D eigenvalue weighted by Gasteiger charge is 2.32. The molecule has 30 heavy (non-hydrogen) atoms. The van der Waals surface area contributed by atoms with Gasteiger partial charge in [0.15, 0.2) is 5.96 Å². The molecule has 8 nitrogen and oxygen atoms in total. The highest BCUT2D eigenvalue weighted by molar-refractivity contribution is 5.94. The molecule has 1 saturated carbocycles. The monoisotopic (exact) mass is 415 g/mol. The van der Waals surface area contributed by atoms with Crippen LogP contribution in [0.25, 0.3) is 0 Å². The van der Waals surface area contributed by atoms with Crippen molar-refractivity contribution in [1.82, 2.24) is 20.9 Å². The molecule has 1 heterocycles. The minimum absolute atomic E-state index is 0.143. The molecule has 8 heteroatoms. The second kappa shape index (κ2) is 10.8. The lowest BCUT2D eigenvalue weighted by Crippen LogP contribution is -2.47. The SMILES string of the molecule is CN=C(NCCNC(=O)c1cccc(OC)c1)NC1CCN(C(=O)C2CCCC2)C1. The fraction of sp³-hybridized carbons (Fsp3) is 0.591. The summed E-state index contributed by atoms with van der Waals surface area (Å²) < 4.78 is 5.15. The van der Waals surface area contributed by atoms with E-state index in [2.05, 4.69) is 20.9 Å². The van der Waals surface area contributed by atoms with Crippen LogP contribution in [0.15, 0.2) is 29.3 Å². The van der Waals surface area contributed by atoms with Crippen molar-refractivity contribution in [2.24, 2.45) is 10.9 Å². The number of hydrogen-bond acceptors (Lipinski definition) is 4. The van der Waals surface area contributed by atoms with Crippen LogP contribution < -0.4 is 20.7 Å². The lowest BCUT2D eigenvalue weighted by molar-refractivity contribution is -0.134. The number of likely N-dealkylation sites (tertiary alicyclic amines) is 1. The Morgan fingerprint density at radius 1 is 1.17 bits per heavy atom. The number of benzene rings is 1. The van der Waals surface area contributed by atoms with Crippen LogP contribution in [0.3, 0.4) is 0 Å². The number of aliphatic imine (C=N–C) groups is 1. The van der Waals surface area contributed by atoms with Gasteiger partial charge in [-0.15, -0.1) is 0 Å². The molecule has 1 aliphatic carbocycles. The minimum Gasteiger partial charge on any atom is -0.497 e. The second-order valence-electron chi connectivity index (χ2n) is 7.88. The van der Waals surface area contributed by atoms with Crippen LogP contribution in [0.4, 0.5) is 0 Å². The Balaban J connectivity index is 1.36. The van der Waals surface area contributed by atoms with Crippen LogP contribution in [0, 0.1) is 5.92 Å². The zero-order chi connectivity index (χ0) is 21.3. The lowest BCUT2D eigenvalue weighted by atomic mass is 10.1. The third-order valence-electron chi connectivity index (χ3n) is 5.80. The van der Waals surface area contributed by atoms with Crippen molar-refractivity contribution < 1.29 is 14.3 Å². The Kier molecular flexibility index (Phi) is 7.93. The number of nitrogens with zero attached hydrogens (tertiary/aromatic N) is 2. The van der Waals surface area contributed by atoms with Gasteiger partial charge >= 0.3 is 0 Å². The summed E-state index contributed by atoms with van der Waals surface area (Å²) in [5, 5.41) is 9.50. The first kappa shape index (κ1) is 21.9. The highest BCUT2D eigenvalue weighted by Crippen LogP contribution is 2.27. The topological polar surface area (TPSA) is 95.1 Å². The predicted octanol–water partition coefficient (Wildman–Crippen LogP) is 1.38. The van der Waals surface area contributed by atoms with E-state index >= 15 is 0 Å². The molecule has 3 rings (SSSR count). The molecular weight excluding hydrogens is 382 g/mol. The molecule has 0 bridgehead atoms. The molecule has 164 valence electrons. The molecule has 0 aromatic heterocycles. The number of carbonyl (C=O) groups is 2. The number of methoxy groups -OCH3 is 1. The van der Waals surface area contributed by atoms with Crippen LogP contribution in [-0.4, -0.2) is 69.1 Å². The number of rotatable bonds is 7. The quantitative estimate of drug-likeness (QED) is 0.355. The number of guanidine groups is 1. The number of nitrogens with one attached hydrogen (secondary N) is 3. The summed E-state index contributed by atoms with van der Waals surface area (Å²) in [5.41, 5.74) is 0.565. The maximum atomic E-state index is 12.6. The van der Waals surface area contributed by atoms with E-state index in [9.17, 15) is 9.59 Å². The molecular formula is C22H33N5O3. The molecule has 2 aliphatic rings. The van der Waals surface area contributed by atoms with Crippen molar-refractivity contribution in [3.05, 3.63) is 29.8 Å². The van der Waals surface area contributed by atoms with Crippen molar-refractivity contribution >= 4 is 17.8 Å². The Labute approximate surface area is 178 Å². The largest absolute Gasteiger partial charge is 0.497 e. The predicted molar refractivity (Wildman–Crippen MR) is 117 cm³/mol. The van der Waals surface area contributed by atoms with Crippen LogP contribution in [-0.2, 0) is 4.79 Å². The Bertz CT molecular complexity index is 761. The van der Waals surface area contributed by atoms with E-state index in [1.807, 2.05) is 4.90 Å². The normalized spacial score (nSPS) is 19.6. The maximum Gasteiger partial charge on any atom is 0.251 e. The van der Waals surface area contributed by atoms with Crippen molar-refractivity contribution in [3.63, 3.8) is 0 Å². The fourth-order valence-electron chi connectivity index (χ4n) is 4.12. The Hall–Kier alpha value is -2.77. The van der Waals surface area contributed by atoms with E-state index in [0.717, 1.165) is 32.4 Å². The van der Waals surface area contributed by atoms with Gasteiger partial charge in [0.2, 0.25) is 5.91 Å². The second-order valence-corrected chi connectivity index (χ2v) is 7.88. The van der Waals surface area contributed by atoms with Crippen LogP contribution in [0.1, 0.15) is 42.5 Å². The summed E-state index contributed by atoms with van der Waals surface area (Å²) in [5.74, 6) is 1.75. The zero-order valence-corrected chi connectivity index (χ0v) is 17.9. The molecule has 1 aliphatic heterocycles. The number of carbonyl (C=O) groups excluding carboxylic acids is 2. The summed E-state index contributed by atoms with van der Waals surface area (Å²) in [4.78, 5) is 31.1. The van der Waals surface area contributed by atoms with Gasteiger partial charge in [-0.05, 0) is 37.5 Å². The van der Waals surface area contributed by atoms with E-state index < -0.39 is 0 Å². The van der Waals surface area contributed by atoms with Gasteiger partial charge in [0.05, 0.1) is 7.11 Å². The molecule has 1 unspecified atom stereocenters. The fourth-order valence-corrected chi connectivity index (χ4v) is 4.12. The molecule has 0 radical (unpaired) electrons. The molecule has 3 N–H and O–H groups in total. The highest BCUT2D eigenvalue weighted by atomic mass is 16.5. The van der Waals surface area contributed by atoms with Gasteiger partial charge in [-0.2, -0.15) is 0 Å². The molecule has 1 saturated heterocycles. The van der Waals surface area contributed by atoms with E-state index in [4.69, 9.17) is 4.74 Å². The van der Waals surface area contributed by atoms with Crippen molar-refractivity contribution in [1.29, 1.82) is 0 Å². The Morgan fingerprint density at radius 2 is 1.93 bits per heavy atom. The third kappa shape index (κ3) is 5.87. The molecule has 1 atom stereocenters. The zero-order valence-electron chi connectivity index (χ0n) is 17.9. The van der Waals surface area contributed by atoms with E-state index in [1.165, 1.54) is 12.8 Å². The average molecular weight is 416 g/mol. The number of ether oxygens (including phenoxy) is 1. The summed E-state index contributed by atoms with van der Waals surface area (Å²) >= 11 is 0. The van der Waals surface area contributed by atoms with Gasteiger partial charge in [0.25, 0.3) is 5.91 Å². The van der Waals surface area contributed by atoms with E-state index in [-0.39, 0.29) is 17.9 Å². The molecule has 1 aromatic rings. The molecule has 0 spiro atoms. The first-order chi connectivity index (χ1) is 14.6. The smallest absolute Gasteiger partial charge is 0.251 e. The standard InChI is InChI=1S/C22H33N5O3/c1-23-22(25-12-11-24-20(28)17-8-5-9-19(14-17)30-2)26-18-10-13-27(15-18)21(29)16-6-3-4-7-16/h5,8-9,14,16,18H,3-4,6-7,10-13,15H2,1-2H3,(H,24,28)(H2,23,25,26). The van der Waals surface area contributed by atoms with Crippen molar-refractivity contribution in [2.75, 3.05) is 40.3 Å². The summed E-state index contributed by atoms with van der Waals surface area (Å²) in [6, 6.07) is 7.26. The van der Waals surface area contributed by atoms with Crippen molar-refractivity contribution in [2.45, 2.75) is 38.1 Å². The summed E-state index contributed by atoms with van der Waals surface area (Å²) in [7, 11) is 3.30. The molecule has 1 aromatic carbocycles. The molecule has 2 fully saturated rings. The number of hydrogen-bond donors (Lipinski definition) is 3. The van der Waals surface area contributed by atoms with Gasteiger partial charge in [-0.25, -0.2) is 0 Å². The Morgan fingerprint density at radius 3 is 2.67 bits per heavy atom. The first-order valence-corrected chi connectivity index (χ1v) is 10.8. The van der Waals surface area contributed by atoms with Crippen LogP contribution >= 0.6 is 0 Å². The van der Waals surface area contributed by atoms with E-state index in [1.54, 1.807) is 38.4 Å². The van der Waals surface area contributed by atoms with Gasteiger partial charge in [0, 0.05) is 50.7 Å². The first-order valence-electron chi connectivity index (χ1n) is 10.8. The third-order valence-corrected chi connectivity index (χ3v) is 5.80. The maximum absolute atomic E-state index is 12.6. The van der Waals surface area contributed by atoms with Gasteiger partial charge < -0.3 is 25.6 Å². The summed E-state index contributed by atoms with van der Waals surface area (Å²) in [6.07, 6.45) is 5.36. The summed E-state index contributed by atoms with van der Waals surface area (Å²) in [6.45, 7) is 2.55. The minimum atomic E-state index is -0.143. The van der Waals surface area contributed by atoms with Gasteiger partial charge in [0.1, 0.15) is 5.75 Å². The number of amides is 2. The van der Waals surface area contributed by atoms with Crippen molar-refractivity contribution in [3.8, 4) is 5.75 Å². The van der Waals surface area contributed by atoms with Gasteiger partial charge in [-0.1, -0.05) is 18.9 Å².